The minimum Gasteiger partial charge on any atom is -0.450 e. The Morgan fingerprint density at radius 1 is 1.17 bits per heavy atom. The van der Waals surface area contributed by atoms with Gasteiger partial charge < -0.3 is 19.9 Å². The van der Waals surface area contributed by atoms with Gasteiger partial charge in [-0.1, -0.05) is 35.9 Å². The molecular weight excluding hydrogens is 402 g/mol. The first-order valence-electron chi connectivity index (χ1n) is 10.4. The van der Waals surface area contributed by atoms with Crippen molar-refractivity contribution in [2.75, 3.05) is 25.0 Å². The van der Waals surface area contributed by atoms with Gasteiger partial charge in [-0.25, -0.2) is 4.79 Å². The number of hydrogen-bond donors (Lipinski definition) is 1. The second kappa shape index (κ2) is 8.56. The first-order valence-corrected chi connectivity index (χ1v) is 10.7. The fraction of sp³-hybridized carbons (Fsp3) is 0.391. The molecule has 2 aliphatic heterocycles. The molecule has 1 fully saturated rings. The van der Waals surface area contributed by atoms with Gasteiger partial charge in [0, 0.05) is 41.0 Å². The summed E-state index contributed by atoms with van der Waals surface area (Å²) in [4.78, 5) is 29.0. The number of fused-ring (bicyclic) bond motifs is 1. The number of benzene rings is 2. The first-order chi connectivity index (χ1) is 14.5. The molecule has 2 aliphatic rings. The van der Waals surface area contributed by atoms with Crippen LogP contribution in [-0.2, 0) is 4.74 Å². The summed E-state index contributed by atoms with van der Waals surface area (Å²) in [6.45, 7) is 5.29. The van der Waals surface area contributed by atoms with Gasteiger partial charge in [0.25, 0.3) is 5.91 Å². The molecule has 1 unspecified atom stereocenters. The van der Waals surface area contributed by atoms with Crippen LogP contribution in [0, 0.1) is 6.92 Å². The Labute approximate surface area is 181 Å². The molecule has 0 radical (unpaired) electrons. The van der Waals surface area contributed by atoms with Crippen LogP contribution in [0.5, 0.6) is 0 Å². The van der Waals surface area contributed by atoms with Gasteiger partial charge in [-0.2, -0.15) is 0 Å². The zero-order chi connectivity index (χ0) is 21.3. The van der Waals surface area contributed by atoms with Crippen molar-refractivity contribution < 1.29 is 14.3 Å². The summed E-state index contributed by atoms with van der Waals surface area (Å²) in [6.07, 6.45) is 0.873. The summed E-state index contributed by atoms with van der Waals surface area (Å²) in [7, 11) is 0. The van der Waals surface area contributed by atoms with Crippen LogP contribution < -0.4 is 5.32 Å². The Morgan fingerprint density at radius 2 is 1.90 bits per heavy atom. The van der Waals surface area contributed by atoms with Crippen molar-refractivity contribution in [3.05, 3.63) is 64.2 Å². The van der Waals surface area contributed by atoms with Crippen LogP contribution in [-0.4, -0.2) is 47.5 Å². The third-order valence-electron chi connectivity index (χ3n) is 5.94. The lowest BCUT2D eigenvalue weighted by atomic mass is 10.0. The summed E-state index contributed by atoms with van der Waals surface area (Å²) in [5, 5.41) is 4.24. The predicted octanol–water partition coefficient (Wildman–Crippen LogP) is 4.84. The van der Waals surface area contributed by atoms with Crippen molar-refractivity contribution >= 4 is 29.3 Å². The summed E-state index contributed by atoms with van der Waals surface area (Å²) >= 11 is 6.31. The topological polar surface area (TPSA) is 61.9 Å². The number of halogens is 1. The molecule has 2 heterocycles. The maximum atomic E-state index is 13.3. The molecule has 1 atom stereocenters. The van der Waals surface area contributed by atoms with E-state index in [0.29, 0.717) is 37.6 Å². The molecule has 7 heteroatoms. The molecular formula is C23H26ClN3O3. The van der Waals surface area contributed by atoms with Crippen LogP contribution in [0.15, 0.2) is 42.5 Å². The van der Waals surface area contributed by atoms with Gasteiger partial charge in [-0.05, 0) is 50.5 Å². The summed E-state index contributed by atoms with van der Waals surface area (Å²) < 4.78 is 5.12. The van der Waals surface area contributed by atoms with Crippen LogP contribution in [0.3, 0.4) is 0 Å². The highest BCUT2D eigenvalue weighted by atomic mass is 35.5. The molecule has 0 saturated carbocycles. The van der Waals surface area contributed by atoms with Crippen molar-refractivity contribution in [3.8, 4) is 0 Å². The summed E-state index contributed by atoms with van der Waals surface area (Å²) in [6, 6.07) is 13.5. The monoisotopic (exact) mass is 427 g/mol. The second-order valence-electron chi connectivity index (χ2n) is 7.68. The first kappa shape index (κ1) is 20.5. The lowest BCUT2D eigenvalue weighted by molar-refractivity contribution is 0.0496. The van der Waals surface area contributed by atoms with Gasteiger partial charge in [0.1, 0.15) is 6.17 Å². The quantitative estimate of drug-likeness (QED) is 0.758. The van der Waals surface area contributed by atoms with E-state index < -0.39 is 0 Å². The van der Waals surface area contributed by atoms with Gasteiger partial charge in [-0.15, -0.1) is 0 Å². The maximum Gasteiger partial charge on any atom is 0.409 e. The van der Waals surface area contributed by atoms with Gasteiger partial charge in [-0.3, -0.25) is 4.79 Å². The molecule has 0 bridgehead atoms. The second-order valence-corrected chi connectivity index (χ2v) is 8.08. The minimum absolute atomic E-state index is 0.0253. The number of likely N-dealkylation sites (tertiary alicyclic amines) is 1. The van der Waals surface area contributed by atoms with Crippen molar-refractivity contribution in [2.24, 2.45) is 0 Å². The maximum absolute atomic E-state index is 13.3. The van der Waals surface area contributed by atoms with E-state index in [9.17, 15) is 9.59 Å². The number of nitrogens with one attached hydrogen (secondary N) is 1. The standard InChI is InChI=1S/C23H26ClN3O3/c1-3-30-23(29)26-13-11-16(12-14-26)27-21(17-7-4-5-8-18(17)22(27)28)25-20-10-6-9-19(24)15(20)2/h4-10,16,21,25H,3,11-14H2,1-2H3. The van der Waals surface area contributed by atoms with Crippen molar-refractivity contribution in [1.82, 2.24) is 9.80 Å². The average molecular weight is 428 g/mol. The van der Waals surface area contributed by atoms with Crippen LogP contribution in [0.1, 0.15) is 47.4 Å². The van der Waals surface area contributed by atoms with Gasteiger partial charge in [0.2, 0.25) is 0 Å². The highest BCUT2D eigenvalue weighted by Gasteiger charge is 2.42. The molecule has 6 nitrogen and oxygen atoms in total. The average Bonchev–Trinajstić information content (AvgIpc) is 3.03. The molecule has 158 valence electrons. The molecule has 2 amide bonds. The normalized spacial score (nSPS) is 19.0. The fourth-order valence-electron chi connectivity index (χ4n) is 4.31. The number of amides is 2. The molecule has 30 heavy (non-hydrogen) atoms. The van der Waals surface area contributed by atoms with E-state index in [-0.39, 0.29) is 24.2 Å². The van der Waals surface area contributed by atoms with Gasteiger partial charge in [0.05, 0.1) is 6.61 Å². The van der Waals surface area contributed by atoms with E-state index in [2.05, 4.69) is 5.32 Å². The van der Waals surface area contributed by atoms with E-state index in [1.54, 1.807) is 11.8 Å². The number of hydrogen-bond acceptors (Lipinski definition) is 4. The Balaban J connectivity index is 1.59. The van der Waals surface area contributed by atoms with Crippen LogP contribution in [0.4, 0.5) is 10.5 Å². The highest BCUT2D eigenvalue weighted by molar-refractivity contribution is 6.31. The van der Waals surface area contributed by atoms with E-state index in [1.807, 2.05) is 54.3 Å². The molecule has 0 spiro atoms. The van der Waals surface area contributed by atoms with Gasteiger partial charge >= 0.3 is 6.09 Å². The number of carbonyl (C=O) groups is 2. The Hall–Kier alpha value is -2.73. The number of piperidine rings is 1. The zero-order valence-corrected chi connectivity index (χ0v) is 18.0. The summed E-state index contributed by atoms with van der Waals surface area (Å²) in [5.74, 6) is 0.0253. The third kappa shape index (κ3) is 3.72. The molecule has 1 saturated heterocycles. The Kier molecular flexibility index (Phi) is 5.86. The Morgan fingerprint density at radius 3 is 2.63 bits per heavy atom. The summed E-state index contributed by atoms with van der Waals surface area (Å²) in [5.41, 5.74) is 3.55. The molecule has 4 rings (SSSR count). The van der Waals surface area contributed by atoms with E-state index in [1.165, 1.54) is 0 Å². The number of anilines is 1. The number of rotatable bonds is 4. The van der Waals surface area contributed by atoms with E-state index in [0.717, 1.165) is 22.4 Å². The minimum atomic E-state index is -0.281. The smallest absolute Gasteiger partial charge is 0.409 e. The highest BCUT2D eigenvalue weighted by Crippen LogP contribution is 2.39. The largest absolute Gasteiger partial charge is 0.450 e. The van der Waals surface area contributed by atoms with E-state index in [4.69, 9.17) is 16.3 Å². The molecule has 2 aromatic carbocycles. The fourth-order valence-corrected chi connectivity index (χ4v) is 4.49. The van der Waals surface area contributed by atoms with Crippen molar-refractivity contribution in [2.45, 2.75) is 38.9 Å². The van der Waals surface area contributed by atoms with Crippen LogP contribution in [0.25, 0.3) is 0 Å². The van der Waals surface area contributed by atoms with E-state index >= 15 is 0 Å². The number of nitrogens with zero attached hydrogens (tertiary/aromatic N) is 2. The SMILES string of the molecule is CCOC(=O)N1CCC(N2C(=O)c3ccccc3C2Nc2cccc(Cl)c2C)CC1. The lowest BCUT2D eigenvalue weighted by Crippen LogP contribution is -2.49. The van der Waals surface area contributed by atoms with Crippen LogP contribution in [0.2, 0.25) is 5.02 Å². The lowest BCUT2D eigenvalue weighted by Gasteiger charge is -2.39. The number of ether oxygens (including phenoxy) is 1. The molecule has 0 aliphatic carbocycles. The van der Waals surface area contributed by atoms with Gasteiger partial charge in [0.15, 0.2) is 0 Å². The third-order valence-corrected chi connectivity index (χ3v) is 6.35. The zero-order valence-electron chi connectivity index (χ0n) is 17.2. The molecule has 1 N–H and O–H groups in total. The number of carbonyl (C=O) groups excluding carboxylic acids is 2. The van der Waals surface area contributed by atoms with Crippen molar-refractivity contribution in [3.63, 3.8) is 0 Å². The molecule has 0 aromatic heterocycles. The Bertz CT molecular complexity index is 956. The molecule has 2 aromatic rings. The predicted molar refractivity (Wildman–Crippen MR) is 117 cm³/mol. The van der Waals surface area contributed by atoms with Crippen molar-refractivity contribution in [1.29, 1.82) is 0 Å². The van der Waals surface area contributed by atoms with Crippen LogP contribution >= 0.6 is 11.6 Å².